The average molecular weight is 412 g/mol. The molecule has 0 aromatic carbocycles. The van der Waals surface area contributed by atoms with E-state index in [4.69, 9.17) is 21.6 Å². The van der Waals surface area contributed by atoms with E-state index in [0.717, 1.165) is 6.07 Å². The number of nitrogens with zero attached hydrogens (tertiary/aromatic N) is 3. The van der Waals surface area contributed by atoms with Crippen molar-refractivity contribution in [3.05, 3.63) is 22.6 Å². The standard InChI is InChI=1S/C18H23ClFN5O3/c1-10(26)25-6-5-13(14(9-25)23-17(27)28-18(2,3)4)22-16-12(20)7-11(8-21)15(19)24-16/h7,13-14H,5-6,9H2,1-4H3,(H,22,24)(H,23,27). The van der Waals surface area contributed by atoms with Crippen LogP contribution in [-0.4, -0.2) is 52.7 Å². The minimum Gasteiger partial charge on any atom is -0.444 e. The Morgan fingerprint density at radius 1 is 1.43 bits per heavy atom. The SMILES string of the molecule is CC(=O)N1CCC(Nc2nc(Cl)c(C#N)cc2F)C(NC(=O)OC(C)(C)C)C1. The Morgan fingerprint density at radius 2 is 2.11 bits per heavy atom. The second-order valence-electron chi connectivity index (χ2n) is 7.53. The summed E-state index contributed by atoms with van der Waals surface area (Å²) in [6.07, 6.45) is -0.195. The smallest absolute Gasteiger partial charge is 0.408 e. The first kappa shape index (κ1) is 21.7. The Labute approximate surface area is 168 Å². The predicted octanol–water partition coefficient (Wildman–Crippen LogP) is 2.67. The van der Waals surface area contributed by atoms with E-state index in [2.05, 4.69) is 15.6 Å². The number of hydrogen-bond acceptors (Lipinski definition) is 6. The summed E-state index contributed by atoms with van der Waals surface area (Å²) in [6.45, 7) is 7.33. The van der Waals surface area contributed by atoms with Crippen molar-refractivity contribution in [1.82, 2.24) is 15.2 Å². The number of pyridine rings is 1. The quantitative estimate of drug-likeness (QED) is 0.740. The van der Waals surface area contributed by atoms with E-state index in [1.165, 1.54) is 6.92 Å². The molecule has 0 aliphatic carbocycles. The van der Waals surface area contributed by atoms with Crippen molar-refractivity contribution in [3.8, 4) is 6.07 Å². The third-order valence-electron chi connectivity index (χ3n) is 4.13. The second-order valence-corrected chi connectivity index (χ2v) is 7.88. The van der Waals surface area contributed by atoms with Gasteiger partial charge in [-0.25, -0.2) is 14.2 Å². The molecule has 2 N–H and O–H groups in total. The Morgan fingerprint density at radius 3 is 2.68 bits per heavy atom. The number of amides is 2. The second kappa shape index (κ2) is 8.61. The van der Waals surface area contributed by atoms with E-state index in [9.17, 15) is 14.0 Å². The molecule has 152 valence electrons. The van der Waals surface area contributed by atoms with Crippen LogP contribution in [0, 0.1) is 17.1 Å². The van der Waals surface area contributed by atoms with E-state index >= 15 is 0 Å². The Bertz CT molecular complexity index is 806. The highest BCUT2D eigenvalue weighted by Gasteiger charge is 2.33. The molecule has 0 radical (unpaired) electrons. The number of carbonyl (C=O) groups is 2. The number of nitriles is 1. The molecule has 28 heavy (non-hydrogen) atoms. The average Bonchev–Trinajstić information content (AvgIpc) is 2.57. The van der Waals surface area contributed by atoms with Crippen LogP contribution in [0.5, 0.6) is 0 Å². The van der Waals surface area contributed by atoms with Gasteiger partial charge in [-0.15, -0.1) is 0 Å². The van der Waals surface area contributed by atoms with Crippen LogP contribution in [0.1, 0.15) is 39.7 Å². The van der Waals surface area contributed by atoms with Crippen LogP contribution >= 0.6 is 11.6 Å². The molecule has 1 aliphatic rings. The largest absolute Gasteiger partial charge is 0.444 e. The number of halogens is 2. The summed E-state index contributed by atoms with van der Waals surface area (Å²) in [7, 11) is 0. The van der Waals surface area contributed by atoms with Crippen LogP contribution < -0.4 is 10.6 Å². The Hall–Kier alpha value is -2.60. The van der Waals surface area contributed by atoms with Gasteiger partial charge in [-0.2, -0.15) is 5.26 Å². The first-order valence-electron chi connectivity index (χ1n) is 8.78. The molecule has 2 unspecified atom stereocenters. The van der Waals surface area contributed by atoms with Crippen molar-refractivity contribution in [2.24, 2.45) is 0 Å². The highest BCUT2D eigenvalue weighted by atomic mass is 35.5. The van der Waals surface area contributed by atoms with Crippen LogP contribution in [-0.2, 0) is 9.53 Å². The minimum absolute atomic E-state index is 0.0699. The van der Waals surface area contributed by atoms with E-state index in [1.54, 1.807) is 31.7 Å². The van der Waals surface area contributed by atoms with Crippen molar-refractivity contribution in [3.63, 3.8) is 0 Å². The molecular weight excluding hydrogens is 389 g/mol. The van der Waals surface area contributed by atoms with Crippen LogP contribution in [0.2, 0.25) is 5.15 Å². The maximum absolute atomic E-state index is 14.3. The number of nitrogens with one attached hydrogen (secondary N) is 2. The van der Waals surface area contributed by atoms with Gasteiger partial charge >= 0.3 is 6.09 Å². The fraction of sp³-hybridized carbons (Fsp3) is 0.556. The predicted molar refractivity (Wildman–Crippen MR) is 101 cm³/mol. The number of piperidine rings is 1. The molecule has 0 spiro atoms. The number of likely N-dealkylation sites (tertiary alicyclic amines) is 1. The summed E-state index contributed by atoms with van der Waals surface area (Å²) in [4.78, 5) is 29.4. The van der Waals surface area contributed by atoms with E-state index < -0.39 is 29.6 Å². The van der Waals surface area contributed by atoms with Crippen molar-refractivity contribution >= 4 is 29.4 Å². The molecule has 8 nitrogen and oxygen atoms in total. The molecule has 10 heteroatoms. The zero-order valence-corrected chi connectivity index (χ0v) is 16.9. The van der Waals surface area contributed by atoms with Gasteiger partial charge < -0.3 is 20.3 Å². The summed E-state index contributed by atoms with van der Waals surface area (Å²) in [5, 5.41) is 14.5. The monoisotopic (exact) mass is 411 g/mol. The van der Waals surface area contributed by atoms with E-state index in [-0.39, 0.29) is 29.0 Å². The van der Waals surface area contributed by atoms with Crippen LogP contribution in [0.4, 0.5) is 15.0 Å². The lowest BCUT2D eigenvalue weighted by Gasteiger charge is -2.39. The molecule has 1 aromatic rings. The number of rotatable bonds is 3. The maximum Gasteiger partial charge on any atom is 0.408 e. The normalized spacial score (nSPS) is 19.5. The molecular formula is C18H23ClFN5O3. The van der Waals surface area contributed by atoms with Gasteiger partial charge in [0.05, 0.1) is 17.6 Å². The molecule has 1 aliphatic heterocycles. The topological polar surface area (TPSA) is 107 Å². The number of hydrogen-bond donors (Lipinski definition) is 2. The first-order valence-corrected chi connectivity index (χ1v) is 9.15. The lowest BCUT2D eigenvalue weighted by Crippen LogP contribution is -2.59. The van der Waals surface area contributed by atoms with Crippen molar-refractivity contribution in [1.29, 1.82) is 5.26 Å². The number of alkyl carbamates (subject to hydrolysis) is 1. The zero-order valence-electron chi connectivity index (χ0n) is 16.2. The minimum atomic E-state index is -0.731. The van der Waals surface area contributed by atoms with Gasteiger partial charge in [0.25, 0.3) is 0 Å². The third-order valence-corrected chi connectivity index (χ3v) is 4.42. The Kier molecular flexibility index (Phi) is 6.67. The van der Waals surface area contributed by atoms with Gasteiger partial charge in [0.2, 0.25) is 5.91 Å². The zero-order chi connectivity index (χ0) is 21.1. The molecule has 1 fully saturated rings. The van der Waals surface area contributed by atoms with Gasteiger partial charge in [0, 0.05) is 20.0 Å². The van der Waals surface area contributed by atoms with Gasteiger partial charge in [-0.1, -0.05) is 11.6 Å². The van der Waals surface area contributed by atoms with Gasteiger partial charge in [0.1, 0.15) is 16.8 Å². The Balaban J connectivity index is 2.20. The lowest BCUT2D eigenvalue weighted by atomic mass is 9.99. The molecule has 2 amide bonds. The van der Waals surface area contributed by atoms with Crippen molar-refractivity contribution in [2.45, 2.75) is 51.8 Å². The summed E-state index contributed by atoms with van der Waals surface area (Å²) < 4.78 is 19.6. The summed E-state index contributed by atoms with van der Waals surface area (Å²) in [6, 6.07) is 1.80. The molecule has 2 rings (SSSR count). The molecule has 0 saturated carbocycles. The van der Waals surface area contributed by atoms with Crippen molar-refractivity contribution in [2.75, 3.05) is 18.4 Å². The fourth-order valence-corrected chi connectivity index (χ4v) is 3.02. The van der Waals surface area contributed by atoms with Crippen molar-refractivity contribution < 1.29 is 18.7 Å². The van der Waals surface area contributed by atoms with E-state index in [1.807, 2.05) is 0 Å². The van der Waals surface area contributed by atoms with Gasteiger partial charge in [-0.3, -0.25) is 4.79 Å². The van der Waals surface area contributed by atoms with Gasteiger partial charge in [0.15, 0.2) is 11.6 Å². The summed E-state index contributed by atoms with van der Waals surface area (Å²) in [5.41, 5.74) is -0.754. The molecule has 1 aromatic heterocycles. The number of carbonyl (C=O) groups excluding carboxylic acids is 2. The molecule has 2 heterocycles. The van der Waals surface area contributed by atoms with Crippen LogP contribution in [0.15, 0.2) is 6.07 Å². The first-order chi connectivity index (χ1) is 13.0. The highest BCUT2D eigenvalue weighted by molar-refractivity contribution is 6.30. The highest BCUT2D eigenvalue weighted by Crippen LogP contribution is 2.23. The molecule has 1 saturated heterocycles. The van der Waals surface area contributed by atoms with E-state index in [0.29, 0.717) is 13.0 Å². The third kappa shape index (κ3) is 5.70. The number of ether oxygens (including phenoxy) is 1. The molecule has 0 bridgehead atoms. The van der Waals surface area contributed by atoms with Crippen LogP contribution in [0.3, 0.4) is 0 Å². The summed E-state index contributed by atoms with van der Waals surface area (Å²) in [5.74, 6) is -0.979. The molecule has 2 atom stereocenters. The van der Waals surface area contributed by atoms with Crippen LogP contribution in [0.25, 0.3) is 0 Å². The fourth-order valence-electron chi connectivity index (χ4n) is 2.84. The lowest BCUT2D eigenvalue weighted by molar-refractivity contribution is -0.130. The van der Waals surface area contributed by atoms with Gasteiger partial charge in [-0.05, 0) is 33.3 Å². The summed E-state index contributed by atoms with van der Waals surface area (Å²) >= 11 is 5.89. The number of aromatic nitrogens is 1. The maximum atomic E-state index is 14.3. The number of anilines is 1.